The van der Waals surface area contributed by atoms with Crippen LogP contribution in [0.2, 0.25) is 0 Å². The molecule has 0 spiro atoms. The predicted molar refractivity (Wildman–Crippen MR) is 55.1 cm³/mol. The molecule has 0 amide bonds. The Morgan fingerprint density at radius 1 is 1.57 bits per heavy atom. The Morgan fingerprint density at radius 3 is 2.86 bits per heavy atom. The summed E-state index contributed by atoms with van der Waals surface area (Å²) in [7, 11) is 0. The van der Waals surface area contributed by atoms with Crippen LogP contribution in [0, 0.1) is 5.92 Å². The van der Waals surface area contributed by atoms with Gasteiger partial charge in [0.25, 0.3) is 0 Å². The fraction of sp³-hybridized carbons (Fsp3) is 0.700. The van der Waals surface area contributed by atoms with Gasteiger partial charge in [-0.25, -0.2) is 4.79 Å². The highest BCUT2D eigenvalue weighted by molar-refractivity contribution is 5.79. The van der Waals surface area contributed by atoms with E-state index >= 15 is 0 Å². The van der Waals surface area contributed by atoms with Gasteiger partial charge >= 0.3 is 5.97 Å². The van der Waals surface area contributed by atoms with Crippen LogP contribution in [0.4, 0.5) is 0 Å². The van der Waals surface area contributed by atoms with Gasteiger partial charge in [0.1, 0.15) is 0 Å². The first kappa shape index (κ1) is 13.1. The number of hydrogen-bond acceptors (Lipinski definition) is 3. The number of carbonyl (C=O) groups is 1. The van der Waals surface area contributed by atoms with Crippen LogP contribution < -0.4 is 5.32 Å². The molecular weight excluding hydrogens is 182 g/mol. The van der Waals surface area contributed by atoms with Crippen molar-refractivity contribution in [3.05, 3.63) is 12.2 Å². The molecule has 0 aromatic heterocycles. The Bertz CT molecular complexity index is 180. The van der Waals surface area contributed by atoms with Gasteiger partial charge in [0.05, 0.1) is 0 Å². The molecule has 4 heteroatoms. The van der Waals surface area contributed by atoms with Crippen LogP contribution in [0.5, 0.6) is 0 Å². The van der Waals surface area contributed by atoms with Gasteiger partial charge in [-0.05, 0) is 25.3 Å². The van der Waals surface area contributed by atoms with E-state index in [1.807, 2.05) is 6.92 Å². The van der Waals surface area contributed by atoms with Crippen molar-refractivity contribution in [2.45, 2.75) is 19.8 Å². The van der Waals surface area contributed by atoms with E-state index in [1.54, 1.807) is 6.08 Å². The van der Waals surface area contributed by atoms with Gasteiger partial charge < -0.3 is 15.5 Å². The van der Waals surface area contributed by atoms with E-state index in [0.29, 0.717) is 12.5 Å². The average molecular weight is 201 g/mol. The molecule has 0 rings (SSSR count). The molecule has 0 aromatic carbocycles. The number of aliphatic hydroxyl groups is 1. The second-order valence-electron chi connectivity index (χ2n) is 3.37. The minimum atomic E-state index is -0.916. The first-order valence-electron chi connectivity index (χ1n) is 4.88. The molecule has 4 nitrogen and oxygen atoms in total. The van der Waals surface area contributed by atoms with Crippen LogP contribution in [-0.4, -0.2) is 35.9 Å². The van der Waals surface area contributed by atoms with Crippen LogP contribution in [0.1, 0.15) is 19.8 Å². The van der Waals surface area contributed by atoms with Crippen LogP contribution in [0.15, 0.2) is 12.2 Å². The van der Waals surface area contributed by atoms with E-state index in [2.05, 4.69) is 5.32 Å². The molecule has 14 heavy (non-hydrogen) atoms. The van der Waals surface area contributed by atoms with Crippen LogP contribution >= 0.6 is 0 Å². The molecule has 0 aliphatic rings. The fourth-order valence-electron chi connectivity index (χ4n) is 1.01. The van der Waals surface area contributed by atoms with Crippen molar-refractivity contribution in [2.75, 3.05) is 19.7 Å². The first-order chi connectivity index (χ1) is 6.66. The van der Waals surface area contributed by atoms with E-state index in [1.165, 1.54) is 0 Å². The average Bonchev–Trinajstić information content (AvgIpc) is 2.15. The summed E-state index contributed by atoms with van der Waals surface area (Å²) in [4.78, 5) is 10.1. The van der Waals surface area contributed by atoms with Crippen molar-refractivity contribution in [3.63, 3.8) is 0 Å². The Kier molecular flexibility index (Phi) is 8.17. The standard InChI is InChI=1S/C10H19NO3/c1-9(8-12)4-2-6-11-7-3-5-10(13)14/h3,5,9,11-12H,2,4,6-8H2,1H3,(H,13,14)/b5-3+. The summed E-state index contributed by atoms with van der Waals surface area (Å²) in [6.45, 7) is 3.68. The Hall–Kier alpha value is -0.870. The van der Waals surface area contributed by atoms with E-state index in [4.69, 9.17) is 10.2 Å². The van der Waals surface area contributed by atoms with Crippen molar-refractivity contribution in [1.82, 2.24) is 5.32 Å². The van der Waals surface area contributed by atoms with Crippen molar-refractivity contribution in [3.8, 4) is 0 Å². The fourth-order valence-corrected chi connectivity index (χ4v) is 1.01. The molecule has 0 saturated heterocycles. The number of hydrogen-bond donors (Lipinski definition) is 3. The molecular formula is C10H19NO3. The van der Waals surface area contributed by atoms with Gasteiger partial charge in [-0.15, -0.1) is 0 Å². The minimum absolute atomic E-state index is 0.235. The highest BCUT2D eigenvalue weighted by Crippen LogP contribution is 2.02. The van der Waals surface area contributed by atoms with Crippen LogP contribution in [-0.2, 0) is 4.79 Å². The Balaban J connectivity index is 3.18. The summed E-state index contributed by atoms with van der Waals surface area (Å²) in [6.07, 6.45) is 4.70. The molecule has 0 fully saturated rings. The molecule has 0 aliphatic carbocycles. The molecule has 82 valence electrons. The summed E-state index contributed by atoms with van der Waals surface area (Å²) < 4.78 is 0. The summed E-state index contributed by atoms with van der Waals surface area (Å²) >= 11 is 0. The molecule has 3 N–H and O–H groups in total. The van der Waals surface area contributed by atoms with Crippen molar-refractivity contribution in [1.29, 1.82) is 0 Å². The maximum absolute atomic E-state index is 10.1. The highest BCUT2D eigenvalue weighted by Gasteiger charge is 1.97. The maximum Gasteiger partial charge on any atom is 0.328 e. The lowest BCUT2D eigenvalue weighted by atomic mass is 10.1. The highest BCUT2D eigenvalue weighted by atomic mass is 16.4. The van der Waals surface area contributed by atoms with Gasteiger partial charge in [0.2, 0.25) is 0 Å². The second kappa shape index (κ2) is 8.72. The smallest absolute Gasteiger partial charge is 0.328 e. The number of carboxylic acid groups (broad SMARTS) is 1. The molecule has 0 heterocycles. The van der Waals surface area contributed by atoms with E-state index in [9.17, 15) is 4.79 Å². The van der Waals surface area contributed by atoms with E-state index in [0.717, 1.165) is 25.5 Å². The lowest BCUT2D eigenvalue weighted by Gasteiger charge is -2.06. The third-order valence-corrected chi connectivity index (χ3v) is 1.88. The second-order valence-corrected chi connectivity index (χ2v) is 3.37. The SMILES string of the molecule is CC(CO)CCCNC/C=C/C(=O)O. The Labute approximate surface area is 84.6 Å². The largest absolute Gasteiger partial charge is 0.478 e. The van der Waals surface area contributed by atoms with E-state index < -0.39 is 5.97 Å². The molecule has 0 aromatic rings. The number of carboxylic acids is 1. The molecule has 1 atom stereocenters. The molecule has 0 saturated carbocycles. The first-order valence-corrected chi connectivity index (χ1v) is 4.88. The third kappa shape index (κ3) is 9.22. The summed E-state index contributed by atoms with van der Waals surface area (Å²) in [5.74, 6) is -0.563. The molecule has 0 radical (unpaired) electrons. The quantitative estimate of drug-likeness (QED) is 0.398. The van der Waals surface area contributed by atoms with Gasteiger partial charge in [-0.3, -0.25) is 0 Å². The monoisotopic (exact) mass is 201 g/mol. The van der Waals surface area contributed by atoms with Crippen molar-refractivity contribution in [2.24, 2.45) is 5.92 Å². The lowest BCUT2D eigenvalue weighted by molar-refractivity contribution is -0.131. The third-order valence-electron chi connectivity index (χ3n) is 1.88. The summed E-state index contributed by atoms with van der Waals surface area (Å²) in [5.41, 5.74) is 0. The zero-order chi connectivity index (χ0) is 10.8. The number of aliphatic hydroxyl groups excluding tert-OH is 1. The van der Waals surface area contributed by atoms with Gasteiger partial charge in [0, 0.05) is 19.2 Å². The molecule has 1 unspecified atom stereocenters. The van der Waals surface area contributed by atoms with Crippen molar-refractivity contribution < 1.29 is 15.0 Å². The summed E-state index contributed by atoms with van der Waals surface area (Å²) in [6, 6.07) is 0. The number of rotatable bonds is 8. The number of aliphatic carboxylic acids is 1. The van der Waals surface area contributed by atoms with Gasteiger partial charge in [0.15, 0.2) is 0 Å². The van der Waals surface area contributed by atoms with Gasteiger partial charge in [-0.2, -0.15) is 0 Å². The molecule has 0 aliphatic heterocycles. The van der Waals surface area contributed by atoms with Crippen LogP contribution in [0.25, 0.3) is 0 Å². The topological polar surface area (TPSA) is 69.6 Å². The summed E-state index contributed by atoms with van der Waals surface area (Å²) in [5, 5.41) is 20.1. The minimum Gasteiger partial charge on any atom is -0.478 e. The molecule has 0 bridgehead atoms. The zero-order valence-corrected chi connectivity index (χ0v) is 8.57. The Morgan fingerprint density at radius 2 is 2.29 bits per heavy atom. The van der Waals surface area contributed by atoms with E-state index in [-0.39, 0.29) is 6.61 Å². The van der Waals surface area contributed by atoms with Gasteiger partial charge in [-0.1, -0.05) is 13.0 Å². The zero-order valence-electron chi connectivity index (χ0n) is 8.57. The normalized spacial score (nSPS) is 13.3. The van der Waals surface area contributed by atoms with Crippen LogP contribution in [0.3, 0.4) is 0 Å². The predicted octanol–water partition coefficient (Wildman–Crippen LogP) is 0.625. The van der Waals surface area contributed by atoms with Crippen molar-refractivity contribution >= 4 is 5.97 Å². The lowest BCUT2D eigenvalue weighted by Crippen LogP contribution is -2.16. The maximum atomic E-state index is 10.1. The number of nitrogens with one attached hydrogen (secondary N) is 1.